The van der Waals surface area contributed by atoms with Crippen LogP contribution in [0.25, 0.3) is 21.8 Å². The summed E-state index contributed by atoms with van der Waals surface area (Å²) in [6, 6.07) is 13.3. The molecule has 8 nitrogen and oxygen atoms in total. The average Bonchev–Trinajstić information content (AvgIpc) is 3.16. The summed E-state index contributed by atoms with van der Waals surface area (Å²) < 4.78 is 20.1. The van der Waals surface area contributed by atoms with E-state index in [1.54, 1.807) is 45.0 Å². The molecule has 0 spiro atoms. The Morgan fingerprint density at radius 1 is 0.971 bits per heavy atom. The molecule has 1 aromatic heterocycles. The Bertz CT molecular complexity index is 1170. The summed E-state index contributed by atoms with van der Waals surface area (Å²) in [6.07, 6.45) is -2.44. The predicted octanol–water partition coefficient (Wildman–Crippen LogP) is 3.35. The number of ether oxygens (including phenoxy) is 1. The fourth-order valence-electron chi connectivity index (χ4n) is 3.82. The summed E-state index contributed by atoms with van der Waals surface area (Å²) in [5, 5.41) is 6.61. The van der Waals surface area contributed by atoms with Crippen LogP contribution >= 0.6 is 0 Å². The van der Waals surface area contributed by atoms with Gasteiger partial charge in [-0.3, -0.25) is 14.4 Å². The van der Waals surface area contributed by atoms with Crippen LogP contribution in [0.5, 0.6) is 0 Å². The Kier molecular flexibility index (Phi) is 7.99. The smallest absolute Gasteiger partial charge is 0.419 e. The number of Topliss-reactive ketones (excluding diaryl/α,β-unsaturated/α-hetero) is 1. The molecular weight excluding hydrogens is 441 g/mol. The lowest BCUT2D eigenvalue weighted by Gasteiger charge is -2.24. The van der Waals surface area contributed by atoms with Gasteiger partial charge in [0.1, 0.15) is 6.67 Å². The summed E-state index contributed by atoms with van der Waals surface area (Å²) in [6.45, 7) is 4.05. The van der Waals surface area contributed by atoms with Gasteiger partial charge in [-0.1, -0.05) is 50.2 Å². The number of aromatic nitrogens is 1. The van der Waals surface area contributed by atoms with Gasteiger partial charge in [-0.25, -0.2) is 13.8 Å². The van der Waals surface area contributed by atoms with Gasteiger partial charge in [-0.2, -0.15) is 0 Å². The third-order valence-electron chi connectivity index (χ3n) is 5.45. The van der Waals surface area contributed by atoms with E-state index in [1.807, 2.05) is 24.3 Å². The van der Waals surface area contributed by atoms with Gasteiger partial charge < -0.3 is 15.4 Å². The number of ketones is 1. The molecule has 0 aliphatic carbocycles. The molecule has 1 heterocycles. The zero-order valence-corrected chi connectivity index (χ0v) is 19.3. The normalized spacial score (nSPS) is 13.0. The number of carbonyl (C=O) groups is 4. The number of rotatable bonds is 9. The van der Waals surface area contributed by atoms with E-state index in [1.165, 1.54) is 4.57 Å². The predicted molar refractivity (Wildman–Crippen MR) is 126 cm³/mol. The van der Waals surface area contributed by atoms with Crippen molar-refractivity contribution in [3.05, 3.63) is 48.5 Å². The minimum Gasteiger partial charge on any atom is -0.435 e. The monoisotopic (exact) mass is 469 g/mol. The van der Waals surface area contributed by atoms with Crippen molar-refractivity contribution < 1.29 is 28.3 Å². The molecule has 9 heteroatoms. The summed E-state index contributed by atoms with van der Waals surface area (Å²) >= 11 is 0. The van der Waals surface area contributed by atoms with Crippen molar-refractivity contribution in [1.29, 1.82) is 0 Å². The molecule has 34 heavy (non-hydrogen) atoms. The molecule has 0 bridgehead atoms. The number of hydrogen-bond donors (Lipinski definition) is 2. The van der Waals surface area contributed by atoms with Gasteiger partial charge in [0.2, 0.25) is 5.91 Å². The van der Waals surface area contributed by atoms with Crippen molar-refractivity contribution >= 4 is 45.5 Å². The maximum Gasteiger partial charge on any atom is 0.419 e. The molecule has 3 rings (SSSR count). The zero-order valence-electron chi connectivity index (χ0n) is 19.3. The Morgan fingerprint density at radius 2 is 1.53 bits per heavy atom. The van der Waals surface area contributed by atoms with E-state index in [0.29, 0.717) is 17.6 Å². The van der Waals surface area contributed by atoms with Crippen molar-refractivity contribution in [3.63, 3.8) is 0 Å². The quantitative estimate of drug-likeness (QED) is 0.500. The van der Waals surface area contributed by atoms with Gasteiger partial charge in [-0.15, -0.1) is 0 Å². The van der Waals surface area contributed by atoms with Crippen LogP contribution in [0, 0.1) is 5.92 Å². The second-order valence-corrected chi connectivity index (χ2v) is 8.24. The van der Waals surface area contributed by atoms with E-state index in [2.05, 4.69) is 10.6 Å². The lowest BCUT2D eigenvalue weighted by molar-refractivity contribution is -0.136. The number of benzene rings is 2. The molecule has 1 unspecified atom stereocenters. The van der Waals surface area contributed by atoms with Crippen LogP contribution in [-0.2, 0) is 19.1 Å². The van der Waals surface area contributed by atoms with Gasteiger partial charge in [0, 0.05) is 17.3 Å². The van der Waals surface area contributed by atoms with E-state index in [9.17, 15) is 23.6 Å². The number of alkyl halides is 1. The highest BCUT2D eigenvalue weighted by molar-refractivity contribution is 6.12. The molecule has 2 N–H and O–H groups in total. The molecule has 0 aliphatic rings. The molecule has 3 aromatic rings. The first kappa shape index (κ1) is 24.9. The van der Waals surface area contributed by atoms with Crippen LogP contribution in [0.1, 0.15) is 27.2 Å². The number of para-hydroxylation sites is 2. The highest BCUT2D eigenvalue weighted by Crippen LogP contribution is 2.29. The van der Waals surface area contributed by atoms with Crippen molar-refractivity contribution in [2.75, 3.05) is 13.2 Å². The molecule has 0 saturated heterocycles. The first-order chi connectivity index (χ1) is 16.3. The lowest BCUT2D eigenvalue weighted by Crippen LogP contribution is -2.50. The van der Waals surface area contributed by atoms with E-state index < -0.39 is 54.8 Å². The molecular formula is C25H28FN3O5. The second kappa shape index (κ2) is 10.9. The highest BCUT2D eigenvalue weighted by Gasteiger charge is 2.32. The van der Waals surface area contributed by atoms with Gasteiger partial charge in [0.15, 0.2) is 11.9 Å². The molecule has 0 saturated carbocycles. The Labute approximate surface area is 196 Å². The third-order valence-corrected chi connectivity index (χ3v) is 5.45. The summed E-state index contributed by atoms with van der Waals surface area (Å²) in [7, 11) is 0. The number of amides is 2. The molecule has 2 aromatic carbocycles. The fraction of sp³-hybridized carbons (Fsp3) is 0.360. The van der Waals surface area contributed by atoms with Crippen LogP contribution in [0.2, 0.25) is 0 Å². The molecule has 2 atom stereocenters. The van der Waals surface area contributed by atoms with Crippen LogP contribution in [0.15, 0.2) is 48.5 Å². The number of halogens is 1. The Hall–Kier alpha value is -3.75. The van der Waals surface area contributed by atoms with Crippen LogP contribution in [0.4, 0.5) is 9.18 Å². The maximum absolute atomic E-state index is 13.3. The van der Waals surface area contributed by atoms with E-state index in [4.69, 9.17) is 4.74 Å². The lowest BCUT2D eigenvalue weighted by atomic mass is 10.0. The largest absolute Gasteiger partial charge is 0.435 e. The molecule has 0 radical (unpaired) electrons. The van der Waals surface area contributed by atoms with Crippen LogP contribution < -0.4 is 10.6 Å². The molecule has 180 valence electrons. The number of nitrogens with one attached hydrogen (secondary N) is 2. The summed E-state index contributed by atoms with van der Waals surface area (Å²) in [5.74, 6) is -2.67. The van der Waals surface area contributed by atoms with Crippen molar-refractivity contribution in [2.45, 2.75) is 39.3 Å². The first-order valence-corrected chi connectivity index (χ1v) is 11.1. The van der Waals surface area contributed by atoms with Gasteiger partial charge in [0.25, 0.3) is 5.91 Å². The Morgan fingerprint density at radius 3 is 2.03 bits per heavy atom. The Balaban J connectivity index is 1.87. The summed E-state index contributed by atoms with van der Waals surface area (Å²) in [5.41, 5.74) is 1.25. The fourth-order valence-corrected chi connectivity index (χ4v) is 3.82. The minimum absolute atomic E-state index is 0.328. The minimum atomic E-state index is -1.36. The number of hydrogen-bond acceptors (Lipinski definition) is 5. The number of carbonyl (C=O) groups excluding carboxylic acids is 4. The number of fused-ring (bicyclic) bond motifs is 3. The number of nitrogens with zero attached hydrogens (tertiary/aromatic N) is 1. The van der Waals surface area contributed by atoms with Gasteiger partial charge >= 0.3 is 6.09 Å². The summed E-state index contributed by atoms with van der Waals surface area (Å²) in [4.78, 5) is 50.2. The van der Waals surface area contributed by atoms with Crippen molar-refractivity contribution in [1.82, 2.24) is 15.2 Å². The molecule has 0 aliphatic heterocycles. The van der Waals surface area contributed by atoms with Crippen LogP contribution in [-0.4, -0.2) is 53.6 Å². The van der Waals surface area contributed by atoms with E-state index in [0.717, 1.165) is 10.8 Å². The van der Waals surface area contributed by atoms with E-state index >= 15 is 0 Å². The first-order valence-electron chi connectivity index (χ1n) is 11.1. The topological polar surface area (TPSA) is 106 Å². The van der Waals surface area contributed by atoms with E-state index in [-0.39, 0.29) is 0 Å². The standard InChI is InChI=1S/C25H28FN3O5/c1-4-27-22(31)13-18(21(30)14-26)28-24(32)23(15(2)3)34-25(33)29-19-11-7-5-9-16(19)17-10-6-8-12-20(17)29/h5-12,15,18,23H,4,13-14H2,1-3H3,(H,27,31)(H,28,32)/t18?,23-/m0/s1. The van der Waals surface area contributed by atoms with Crippen molar-refractivity contribution in [3.8, 4) is 0 Å². The van der Waals surface area contributed by atoms with Crippen LogP contribution in [0.3, 0.4) is 0 Å². The third kappa shape index (κ3) is 5.24. The van der Waals surface area contributed by atoms with Gasteiger partial charge in [0.05, 0.1) is 23.5 Å². The maximum atomic E-state index is 13.3. The molecule has 2 amide bonds. The SMILES string of the molecule is CCNC(=O)CC(NC(=O)[C@@H](OC(=O)n1c2ccccc2c2ccccc21)C(C)C)C(=O)CF. The second-order valence-electron chi connectivity index (χ2n) is 8.24. The average molecular weight is 470 g/mol. The molecule has 0 fully saturated rings. The van der Waals surface area contributed by atoms with Gasteiger partial charge in [-0.05, 0) is 25.0 Å². The van der Waals surface area contributed by atoms with Crippen molar-refractivity contribution in [2.24, 2.45) is 5.92 Å². The zero-order chi connectivity index (χ0) is 24.8. The highest BCUT2D eigenvalue weighted by atomic mass is 19.1.